The number of thiazole rings is 1. The number of carbonyl (C=O) groups is 1. The highest BCUT2D eigenvalue weighted by molar-refractivity contribution is 7.14. The lowest BCUT2D eigenvalue weighted by atomic mass is 10.2. The predicted molar refractivity (Wildman–Crippen MR) is 119 cm³/mol. The van der Waals surface area contributed by atoms with Crippen LogP contribution in [0.15, 0.2) is 60.0 Å². The second-order valence-electron chi connectivity index (χ2n) is 6.73. The number of ether oxygens (including phenoxy) is 2. The molecule has 168 valence electrons. The fourth-order valence-electron chi connectivity index (χ4n) is 2.68. The number of alkyl halides is 3. The van der Waals surface area contributed by atoms with Gasteiger partial charge in [-0.1, -0.05) is 12.1 Å². The molecule has 0 saturated heterocycles. The monoisotopic (exact) mass is 462 g/mol. The first-order valence-corrected chi connectivity index (χ1v) is 10.6. The van der Waals surface area contributed by atoms with E-state index in [1.165, 1.54) is 17.4 Å². The Morgan fingerprint density at radius 2 is 1.78 bits per heavy atom. The maximum atomic E-state index is 12.2. The highest BCUT2D eigenvalue weighted by Gasteiger charge is 2.26. The molecular formula is C23H21F3N2O3S. The number of amides is 1. The summed E-state index contributed by atoms with van der Waals surface area (Å²) in [5.74, 6) is 0.902. The zero-order chi connectivity index (χ0) is 23.0. The van der Waals surface area contributed by atoms with Crippen LogP contribution in [0.1, 0.15) is 18.4 Å². The second-order valence-corrected chi connectivity index (χ2v) is 7.58. The van der Waals surface area contributed by atoms with E-state index in [0.717, 1.165) is 22.6 Å². The molecule has 1 N–H and O–H groups in total. The third-order valence-electron chi connectivity index (χ3n) is 4.30. The molecule has 32 heavy (non-hydrogen) atoms. The molecule has 9 heteroatoms. The van der Waals surface area contributed by atoms with Gasteiger partial charge in [-0.15, -0.1) is 11.3 Å². The van der Waals surface area contributed by atoms with E-state index in [1.807, 2.05) is 29.6 Å². The van der Waals surface area contributed by atoms with E-state index >= 15 is 0 Å². The lowest BCUT2D eigenvalue weighted by molar-refractivity contribution is -0.136. The number of halogens is 3. The maximum Gasteiger partial charge on any atom is 0.389 e. The third kappa shape index (κ3) is 7.42. The van der Waals surface area contributed by atoms with Gasteiger partial charge in [-0.25, -0.2) is 4.98 Å². The molecular weight excluding hydrogens is 441 g/mol. The van der Waals surface area contributed by atoms with Crippen LogP contribution in [-0.4, -0.2) is 30.8 Å². The van der Waals surface area contributed by atoms with Crippen LogP contribution in [0.4, 0.5) is 18.3 Å². The Balaban J connectivity index is 1.48. The number of anilines is 1. The van der Waals surface area contributed by atoms with Crippen LogP contribution in [0.3, 0.4) is 0 Å². The van der Waals surface area contributed by atoms with Crippen molar-refractivity contribution < 1.29 is 27.4 Å². The van der Waals surface area contributed by atoms with E-state index in [1.54, 1.807) is 37.5 Å². The normalized spacial score (nSPS) is 11.5. The number of benzene rings is 2. The van der Waals surface area contributed by atoms with E-state index in [-0.39, 0.29) is 18.9 Å². The number of methoxy groups -OCH3 is 1. The molecule has 0 saturated carbocycles. The maximum absolute atomic E-state index is 12.2. The fraction of sp³-hybridized carbons (Fsp3) is 0.217. The summed E-state index contributed by atoms with van der Waals surface area (Å²) in [6.07, 6.45) is -2.13. The molecule has 0 bridgehead atoms. The Morgan fingerprint density at radius 3 is 2.44 bits per heavy atom. The van der Waals surface area contributed by atoms with Crippen LogP contribution < -0.4 is 14.8 Å². The van der Waals surface area contributed by atoms with Crippen molar-refractivity contribution in [3.8, 4) is 22.8 Å². The summed E-state index contributed by atoms with van der Waals surface area (Å²) < 4.78 is 46.8. The molecule has 0 aliphatic carbocycles. The molecule has 3 rings (SSSR count). The number of rotatable bonds is 9. The van der Waals surface area contributed by atoms with Gasteiger partial charge in [-0.2, -0.15) is 13.2 Å². The van der Waals surface area contributed by atoms with Crippen molar-refractivity contribution in [2.24, 2.45) is 0 Å². The summed E-state index contributed by atoms with van der Waals surface area (Å²) >= 11 is 1.32. The number of carbonyl (C=O) groups excluding carboxylic acids is 1. The van der Waals surface area contributed by atoms with E-state index in [4.69, 9.17) is 9.47 Å². The second kappa shape index (κ2) is 10.8. The minimum Gasteiger partial charge on any atom is -0.497 e. The van der Waals surface area contributed by atoms with Gasteiger partial charge in [0.2, 0.25) is 5.91 Å². The number of nitrogens with one attached hydrogen (secondary N) is 1. The topological polar surface area (TPSA) is 60.5 Å². The van der Waals surface area contributed by atoms with Gasteiger partial charge in [-0.05, 0) is 54.5 Å². The first-order chi connectivity index (χ1) is 15.3. The smallest absolute Gasteiger partial charge is 0.389 e. The van der Waals surface area contributed by atoms with Crippen LogP contribution in [0.2, 0.25) is 0 Å². The molecule has 0 aliphatic rings. The summed E-state index contributed by atoms with van der Waals surface area (Å²) in [5, 5.41) is 5.06. The Hall–Kier alpha value is -3.33. The summed E-state index contributed by atoms with van der Waals surface area (Å²) in [5.41, 5.74) is 2.42. The molecule has 2 aromatic carbocycles. The van der Waals surface area contributed by atoms with Crippen molar-refractivity contribution >= 4 is 28.5 Å². The van der Waals surface area contributed by atoms with Crippen LogP contribution in [0.25, 0.3) is 17.3 Å². The minimum absolute atomic E-state index is 0.0105. The lowest BCUT2D eigenvalue weighted by Gasteiger charge is -2.08. The van der Waals surface area contributed by atoms with E-state index in [0.29, 0.717) is 10.9 Å². The van der Waals surface area contributed by atoms with Gasteiger partial charge in [-0.3, -0.25) is 10.1 Å². The Labute approximate surface area is 187 Å². The van der Waals surface area contributed by atoms with Crippen molar-refractivity contribution in [2.45, 2.75) is 19.0 Å². The number of aromatic nitrogens is 1. The van der Waals surface area contributed by atoms with E-state index in [9.17, 15) is 18.0 Å². The van der Waals surface area contributed by atoms with E-state index < -0.39 is 12.6 Å². The lowest BCUT2D eigenvalue weighted by Crippen LogP contribution is -2.09. The summed E-state index contributed by atoms with van der Waals surface area (Å²) in [4.78, 5) is 16.6. The molecule has 5 nitrogen and oxygen atoms in total. The van der Waals surface area contributed by atoms with Crippen molar-refractivity contribution in [1.29, 1.82) is 0 Å². The van der Waals surface area contributed by atoms with Crippen molar-refractivity contribution in [3.05, 3.63) is 65.6 Å². The SMILES string of the molecule is COc1ccc(-c2csc(NC(=O)/C=C/c3ccc(OCCCC(F)(F)F)cc3)n2)cc1. The molecule has 1 heterocycles. The zero-order valence-corrected chi connectivity index (χ0v) is 18.0. The molecule has 0 radical (unpaired) electrons. The van der Waals surface area contributed by atoms with Gasteiger partial charge in [0, 0.05) is 23.4 Å². The average Bonchev–Trinajstić information content (AvgIpc) is 3.24. The molecule has 1 aromatic heterocycles. The standard InChI is InChI=1S/C23H21F3N2O3S/c1-30-18-10-6-17(7-11-18)20-15-32-22(27-20)28-21(29)12-5-16-3-8-19(9-4-16)31-14-2-13-23(24,25)26/h3-12,15H,2,13-14H2,1H3,(H,27,28,29)/b12-5+. The van der Waals surface area contributed by atoms with Crippen LogP contribution >= 0.6 is 11.3 Å². The van der Waals surface area contributed by atoms with Crippen molar-refractivity contribution in [2.75, 3.05) is 19.0 Å². The van der Waals surface area contributed by atoms with Crippen LogP contribution in [-0.2, 0) is 4.79 Å². The summed E-state index contributed by atoms with van der Waals surface area (Å²) in [7, 11) is 1.60. The Kier molecular flexibility index (Phi) is 7.88. The summed E-state index contributed by atoms with van der Waals surface area (Å²) in [6, 6.07) is 14.2. The van der Waals surface area contributed by atoms with Crippen LogP contribution in [0, 0.1) is 0 Å². The first-order valence-electron chi connectivity index (χ1n) is 9.71. The zero-order valence-electron chi connectivity index (χ0n) is 17.2. The largest absolute Gasteiger partial charge is 0.497 e. The number of hydrogen-bond acceptors (Lipinski definition) is 5. The highest BCUT2D eigenvalue weighted by atomic mass is 32.1. The van der Waals surface area contributed by atoms with Gasteiger partial charge >= 0.3 is 6.18 Å². The van der Waals surface area contributed by atoms with E-state index in [2.05, 4.69) is 10.3 Å². The molecule has 0 fully saturated rings. The Morgan fingerprint density at radius 1 is 1.09 bits per heavy atom. The van der Waals surface area contributed by atoms with Gasteiger partial charge in [0.25, 0.3) is 0 Å². The molecule has 0 unspecified atom stereocenters. The van der Waals surface area contributed by atoms with Crippen molar-refractivity contribution in [3.63, 3.8) is 0 Å². The predicted octanol–water partition coefficient (Wildman–Crippen LogP) is 6.19. The third-order valence-corrected chi connectivity index (χ3v) is 5.06. The van der Waals surface area contributed by atoms with Gasteiger partial charge in [0.15, 0.2) is 5.13 Å². The summed E-state index contributed by atoms with van der Waals surface area (Å²) in [6.45, 7) is -0.0105. The Bertz CT molecular complexity index is 1050. The van der Waals surface area contributed by atoms with Gasteiger partial charge in [0.05, 0.1) is 19.4 Å². The molecule has 0 spiro atoms. The first kappa shape index (κ1) is 23.3. The average molecular weight is 462 g/mol. The number of nitrogens with zero attached hydrogens (tertiary/aromatic N) is 1. The molecule has 3 aromatic rings. The minimum atomic E-state index is -4.17. The van der Waals surface area contributed by atoms with Crippen molar-refractivity contribution in [1.82, 2.24) is 4.98 Å². The molecule has 1 amide bonds. The molecule has 0 aliphatic heterocycles. The highest BCUT2D eigenvalue weighted by Crippen LogP contribution is 2.26. The van der Waals surface area contributed by atoms with Gasteiger partial charge < -0.3 is 9.47 Å². The molecule has 0 atom stereocenters. The van der Waals surface area contributed by atoms with Gasteiger partial charge in [0.1, 0.15) is 11.5 Å². The quantitative estimate of drug-likeness (QED) is 0.304. The van der Waals surface area contributed by atoms with Crippen LogP contribution in [0.5, 0.6) is 11.5 Å². The number of hydrogen-bond donors (Lipinski definition) is 1. The fourth-order valence-corrected chi connectivity index (χ4v) is 3.40.